The fourth-order valence-corrected chi connectivity index (χ4v) is 2.14. The zero-order chi connectivity index (χ0) is 11.2. The normalized spacial score (nSPS) is 17.3. The average molecular weight is 218 g/mol. The lowest BCUT2D eigenvalue weighted by atomic mass is 10.0. The van der Waals surface area contributed by atoms with Crippen LogP contribution in [-0.2, 0) is 6.42 Å². The number of hydrazine groups is 1. The average Bonchev–Trinajstić information content (AvgIpc) is 3.15. The molecule has 1 saturated carbocycles. The van der Waals surface area contributed by atoms with Crippen LogP contribution in [0.3, 0.4) is 0 Å². The Morgan fingerprint density at radius 3 is 2.56 bits per heavy atom. The predicted octanol–water partition coefficient (Wildman–Crippen LogP) is 2.64. The van der Waals surface area contributed by atoms with Crippen LogP contribution in [-0.4, -0.2) is 6.04 Å². The standard InChI is InChI=1S/C14H22N2/c15-16-14(11-9-13-6-7-13)10-8-12-4-2-1-3-5-12/h1-5,13-14,16H,6-11,15H2. The monoisotopic (exact) mass is 218 g/mol. The van der Waals surface area contributed by atoms with Crippen LogP contribution in [0.1, 0.15) is 37.7 Å². The van der Waals surface area contributed by atoms with Gasteiger partial charge in [0.1, 0.15) is 0 Å². The van der Waals surface area contributed by atoms with Gasteiger partial charge >= 0.3 is 0 Å². The van der Waals surface area contributed by atoms with Gasteiger partial charge in [-0.15, -0.1) is 0 Å². The molecule has 0 bridgehead atoms. The quantitative estimate of drug-likeness (QED) is 0.545. The van der Waals surface area contributed by atoms with E-state index in [1.165, 1.54) is 31.2 Å². The molecule has 3 N–H and O–H groups in total. The first kappa shape index (κ1) is 11.6. The Morgan fingerprint density at radius 1 is 1.19 bits per heavy atom. The summed E-state index contributed by atoms with van der Waals surface area (Å²) in [4.78, 5) is 0. The summed E-state index contributed by atoms with van der Waals surface area (Å²) in [6, 6.07) is 11.1. The van der Waals surface area contributed by atoms with Gasteiger partial charge in [0.15, 0.2) is 0 Å². The summed E-state index contributed by atoms with van der Waals surface area (Å²) in [6.45, 7) is 0. The second-order valence-electron chi connectivity index (χ2n) is 4.91. The van der Waals surface area contributed by atoms with Gasteiger partial charge in [-0.25, -0.2) is 0 Å². The summed E-state index contributed by atoms with van der Waals surface area (Å²) in [6.07, 6.45) is 7.73. The molecule has 0 aliphatic heterocycles. The maximum atomic E-state index is 5.59. The van der Waals surface area contributed by atoms with Gasteiger partial charge in [0.25, 0.3) is 0 Å². The van der Waals surface area contributed by atoms with E-state index in [0.29, 0.717) is 6.04 Å². The zero-order valence-electron chi connectivity index (χ0n) is 9.86. The summed E-state index contributed by atoms with van der Waals surface area (Å²) >= 11 is 0. The van der Waals surface area contributed by atoms with Crippen LogP contribution in [0.5, 0.6) is 0 Å². The molecule has 2 nitrogen and oxygen atoms in total. The smallest absolute Gasteiger partial charge is 0.0213 e. The molecule has 1 atom stereocenters. The molecule has 0 heterocycles. The molecule has 0 amide bonds. The summed E-state index contributed by atoms with van der Waals surface area (Å²) in [5, 5.41) is 0. The van der Waals surface area contributed by atoms with Crippen molar-refractivity contribution >= 4 is 0 Å². The number of aryl methyl sites for hydroxylation is 1. The van der Waals surface area contributed by atoms with Gasteiger partial charge in [0, 0.05) is 6.04 Å². The number of nitrogens with two attached hydrogens (primary N) is 1. The minimum atomic E-state index is 0.487. The van der Waals surface area contributed by atoms with Gasteiger partial charge in [-0.1, -0.05) is 43.2 Å². The van der Waals surface area contributed by atoms with Crippen LogP contribution in [0, 0.1) is 5.92 Å². The minimum Gasteiger partial charge on any atom is -0.271 e. The highest BCUT2D eigenvalue weighted by Gasteiger charge is 2.22. The van der Waals surface area contributed by atoms with Crippen LogP contribution in [0.4, 0.5) is 0 Å². The second kappa shape index (κ2) is 6.02. The Morgan fingerprint density at radius 2 is 1.94 bits per heavy atom. The summed E-state index contributed by atoms with van der Waals surface area (Å²) in [5.41, 5.74) is 4.37. The minimum absolute atomic E-state index is 0.487. The fourth-order valence-electron chi connectivity index (χ4n) is 2.14. The third-order valence-corrected chi connectivity index (χ3v) is 3.48. The molecular weight excluding hydrogens is 196 g/mol. The lowest BCUT2D eigenvalue weighted by Gasteiger charge is -2.15. The molecule has 1 fully saturated rings. The van der Waals surface area contributed by atoms with Gasteiger partial charge in [-0.05, 0) is 37.2 Å². The molecule has 1 aliphatic carbocycles. The van der Waals surface area contributed by atoms with Gasteiger partial charge in [-0.2, -0.15) is 0 Å². The maximum absolute atomic E-state index is 5.59. The van der Waals surface area contributed by atoms with Crippen molar-refractivity contribution in [3.63, 3.8) is 0 Å². The first-order valence-electron chi connectivity index (χ1n) is 6.38. The predicted molar refractivity (Wildman–Crippen MR) is 67.8 cm³/mol. The Hall–Kier alpha value is -0.860. The molecule has 2 rings (SSSR count). The fraction of sp³-hybridized carbons (Fsp3) is 0.571. The summed E-state index contributed by atoms with van der Waals surface area (Å²) in [5.74, 6) is 6.60. The van der Waals surface area contributed by atoms with E-state index in [1.807, 2.05) is 0 Å². The van der Waals surface area contributed by atoms with E-state index in [-0.39, 0.29) is 0 Å². The molecule has 2 heteroatoms. The van der Waals surface area contributed by atoms with Crippen molar-refractivity contribution in [3.05, 3.63) is 35.9 Å². The van der Waals surface area contributed by atoms with E-state index in [4.69, 9.17) is 5.84 Å². The Balaban J connectivity index is 1.69. The van der Waals surface area contributed by atoms with Gasteiger partial charge in [0.2, 0.25) is 0 Å². The topological polar surface area (TPSA) is 38.0 Å². The highest BCUT2D eigenvalue weighted by Crippen LogP contribution is 2.34. The number of rotatable bonds is 7. The Kier molecular flexibility index (Phi) is 4.37. The van der Waals surface area contributed by atoms with Crippen molar-refractivity contribution in [1.29, 1.82) is 0 Å². The Labute approximate surface area is 98.2 Å². The number of nitrogens with one attached hydrogen (secondary N) is 1. The molecule has 0 saturated heterocycles. The molecule has 1 aromatic carbocycles. The molecule has 0 aromatic heterocycles. The van der Waals surface area contributed by atoms with Crippen molar-refractivity contribution in [1.82, 2.24) is 5.43 Å². The van der Waals surface area contributed by atoms with Gasteiger partial charge in [0.05, 0.1) is 0 Å². The molecule has 0 spiro atoms. The van der Waals surface area contributed by atoms with Crippen molar-refractivity contribution in [2.45, 2.75) is 44.6 Å². The van der Waals surface area contributed by atoms with Crippen LogP contribution in [0.25, 0.3) is 0 Å². The molecule has 88 valence electrons. The second-order valence-corrected chi connectivity index (χ2v) is 4.91. The van der Waals surface area contributed by atoms with Crippen LogP contribution < -0.4 is 11.3 Å². The zero-order valence-corrected chi connectivity index (χ0v) is 9.86. The number of hydrogen-bond acceptors (Lipinski definition) is 2. The SMILES string of the molecule is NNC(CCc1ccccc1)CCC1CC1. The van der Waals surface area contributed by atoms with Crippen LogP contribution in [0.2, 0.25) is 0 Å². The highest BCUT2D eigenvalue weighted by molar-refractivity contribution is 5.14. The molecule has 1 aliphatic rings. The van der Waals surface area contributed by atoms with Crippen molar-refractivity contribution in [2.24, 2.45) is 11.8 Å². The van der Waals surface area contributed by atoms with E-state index >= 15 is 0 Å². The molecule has 16 heavy (non-hydrogen) atoms. The first-order valence-corrected chi connectivity index (χ1v) is 6.38. The van der Waals surface area contributed by atoms with Gasteiger partial charge < -0.3 is 0 Å². The van der Waals surface area contributed by atoms with Crippen LogP contribution in [0.15, 0.2) is 30.3 Å². The lowest BCUT2D eigenvalue weighted by Crippen LogP contribution is -2.35. The Bertz CT molecular complexity index is 293. The van der Waals surface area contributed by atoms with E-state index in [1.54, 1.807) is 0 Å². The van der Waals surface area contributed by atoms with E-state index in [0.717, 1.165) is 18.8 Å². The van der Waals surface area contributed by atoms with Crippen molar-refractivity contribution in [3.8, 4) is 0 Å². The van der Waals surface area contributed by atoms with Crippen LogP contribution >= 0.6 is 0 Å². The first-order chi connectivity index (χ1) is 7.88. The van der Waals surface area contributed by atoms with E-state index in [2.05, 4.69) is 35.8 Å². The largest absolute Gasteiger partial charge is 0.271 e. The van der Waals surface area contributed by atoms with E-state index in [9.17, 15) is 0 Å². The van der Waals surface area contributed by atoms with Crippen molar-refractivity contribution < 1.29 is 0 Å². The molecule has 1 unspecified atom stereocenters. The third-order valence-electron chi connectivity index (χ3n) is 3.48. The molecule has 0 radical (unpaired) electrons. The number of hydrogen-bond donors (Lipinski definition) is 2. The van der Waals surface area contributed by atoms with Crippen molar-refractivity contribution in [2.75, 3.05) is 0 Å². The number of benzene rings is 1. The highest BCUT2D eigenvalue weighted by atomic mass is 15.2. The molecule has 1 aromatic rings. The van der Waals surface area contributed by atoms with E-state index < -0.39 is 0 Å². The van der Waals surface area contributed by atoms with Gasteiger partial charge in [-0.3, -0.25) is 11.3 Å². The summed E-state index contributed by atoms with van der Waals surface area (Å²) in [7, 11) is 0. The lowest BCUT2D eigenvalue weighted by molar-refractivity contribution is 0.440. The third kappa shape index (κ3) is 3.95. The maximum Gasteiger partial charge on any atom is 0.0213 e. The molecular formula is C14H22N2. The summed E-state index contributed by atoms with van der Waals surface area (Å²) < 4.78 is 0.